The number of amides is 2. The molecule has 1 aliphatic rings. The smallest absolute Gasteiger partial charge is 0.321 e. The molecule has 1 N–H and O–H groups in total. The molecule has 1 aliphatic heterocycles. The van der Waals surface area contributed by atoms with Gasteiger partial charge in [-0.3, -0.25) is 4.90 Å². The molecule has 25 heavy (non-hydrogen) atoms. The molecule has 0 aromatic heterocycles. The third-order valence-electron chi connectivity index (χ3n) is 4.44. The highest BCUT2D eigenvalue weighted by molar-refractivity contribution is 5.89. The highest BCUT2D eigenvalue weighted by Gasteiger charge is 2.20. The van der Waals surface area contributed by atoms with Crippen LogP contribution in [-0.2, 0) is 0 Å². The average molecular weight is 339 g/mol. The predicted molar refractivity (Wildman–Crippen MR) is 100 cm³/mol. The first kappa shape index (κ1) is 17.3. The normalized spacial score (nSPS) is 15.0. The van der Waals surface area contributed by atoms with Crippen LogP contribution in [0, 0.1) is 6.92 Å². The van der Waals surface area contributed by atoms with Gasteiger partial charge in [0.1, 0.15) is 12.4 Å². The van der Waals surface area contributed by atoms with Gasteiger partial charge in [-0.1, -0.05) is 36.4 Å². The maximum absolute atomic E-state index is 12.3. The van der Waals surface area contributed by atoms with Gasteiger partial charge >= 0.3 is 6.03 Å². The summed E-state index contributed by atoms with van der Waals surface area (Å²) in [6.07, 6.45) is 0. The van der Waals surface area contributed by atoms with Crippen LogP contribution in [0.1, 0.15) is 5.56 Å². The average Bonchev–Trinajstić information content (AvgIpc) is 2.65. The largest absolute Gasteiger partial charge is 0.492 e. The number of benzene rings is 2. The number of carbonyl (C=O) groups is 1. The number of ether oxygens (including phenoxy) is 1. The van der Waals surface area contributed by atoms with Crippen LogP contribution in [0.5, 0.6) is 5.75 Å². The summed E-state index contributed by atoms with van der Waals surface area (Å²) >= 11 is 0. The molecular weight excluding hydrogens is 314 g/mol. The lowest BCUT2D eigenvalue weighted by atomic mass is 10.2. The van der Waals surface area contributed by atoms with Gasteiger partial charge < -0.3 is 15.0 Å². The molecule has 0 aliphatic carbocycles. The number of carbonyl (C=O) groups excluding carboxylic acids is 1. The first-order valence-corrected chi connectivity index (χ1v) is 8.74. The summed E-state index contributed by atoms with van der Waals surface area (Å²) in [5, 5.41) is 2.94. The van der Waals surface area contributed by atoms with Crippen LogP contribution >= 0.6 is 0 Å². The van der Waals surface area contributed by atoms with Gasteiger partial charge in [-0.15, -0.1) is 0 Å². The number of nitrogens with one attached hydrogen (secondary N) is 1. The van der Waals surface area contributed by atoms with Crippen LogP contribution < -0.4 is 10.1 Å². The van der Waals surface area contributed by atoms with E-state index in [1.54, 1.807) is 0 Å². The van der Waals surface area contributed by atoms with Gasteiger partial charge in [0, 0.05) is 38.4 Å². The van der Waals surface area contributed by atoms with Crippen molar-refractivity contribution in [2.24, 2.45) is 0 Å². The van der Waals surface area contributed by atoms with Crippen molar-refractivity contribution < 1.29 is 9.53 Å². The SMILES string of the molecule is Cc1ccccc1OCCN1CCN(C(=O)Nc2ccccc2)CC1. The molecule has 2 aromatic rings. The number of piperazine rings is 1. The van der Waals surface area contributed by atoms with Crippen molar-refractivity contribution >= 4 is 11.7 Å². The van der Waals surface area contributed by atoms with Gasteiger partial charge in [-0.05, 0) is 30.7 Å². The van der Waals surface area contributed by atoms with Gasteiger partial charge in [0.25, 0.3) is 0 Å². The predicted octanol–water partition coefficient (Wildman–Crippen LogP) is 3.22. The maximum atomic E-state index is 12.3. The quantitative estimate of drug-likeness (QED) is 0.910. The van der Waals surface area contributed by atoms with E-state index in [4.69, 9.17) is 4.74 Å². The molecule has 0 saturated carbocycles. The fourth-order valence-corrected chi connectivity index (χ4v) is 2.90. The second-order valence-electron chi connectivity index (χ2n) is 6.24. The minimum absolute atomic E-state index is 0.0259. The zero-order valence-corrected chi connectivity index (χ0v) is 14.6. The molecule has 1 saturated heterocycles. The molecule has 0 unspecified atom stereocenters. The molecule has 132 valence electrons. The molecule has 0 bridgehead atoms. The molecule has 0 spiro atoms. The van der Waals surface area contributed by atoms with Crippen molar-refractivity contribution in [3.63, 3.8) is 0 Å². The van der Waals surface area contributed by atoms with E-state index in [1.807, 2.05) is 53.4 Å². The summed E-state index contributed by atoms with van der Waals surface area (Å²) in [6.45, 7) is 6.83. The molecule has 0 atom stereocenters. The lowest BCUT2D eigenvalue weighted by molar-refractivity contribution is 0.132. The Labute approximate surface area is 149 Å². The zero-order valence-electron chi connectivity index (χ0n) is 14.6. The number of hydrogen-bond donors (Lipinski definition) is 1. The molecule has 0 radical (unpaired) electrons. The Morgan fingerprint density at radius 3 is 2.40 bits per heavy atom. The maximum Gasteiger partial charge on any atom is 0.321 e. The Hall–Kier alpha value is -2.53. The standard InChI is InChI=1S/C20H25N3O2/c1-17-7-5-6-10-19(17)25-16-15-22-11-13-23(14-12-22)20(24)21-18-8-3-2-4-9-18/h2-10H,11-16H2,1H3,(H,21,24). The fraction of sp³-hybridized carbons (Fsp3) is 0.350. The van der Waals surface area contributed by atoms with Gasteiger partial charge in [0.05, 0.1) is 0 Å². The van der Waals surface area contributed by atoms with Gasteiger partial charge in [0.2, 0.25) is 0 Å². The molecule has 1 heterocycles. The number of nitrogens with zero attached hydrogens (tertiary/aromatic N) is 2. The Bertz CT molecular complexity index is 682. The highest BCUT2D eigenvalue weighted by Crippen LogP contribution is 2.16. The topological polar surface area (TPSA) is 44.8 Å². The zero-order chi connectivity index (χ0) is 17.5. The van der Waals surface area contributed by atoms with E-state index in [-0.39, 0.29) is 6.03 Å². The highest BCUT2D eigenvalue weighted by atomic mass is 16.5. The fourth-order valence-electron chi connectivity index (χ4n) is 2.90. The number of aryl methyl sites for hydroxylation is 1. The lowest BCUT2D eigenvalue weighted by Gasteiger charge is -2.34. The molecule has 5 heteroatoms. The van der Waals surface area contributed by atoms with Gasteiger partial charge in [-0.25, -0.2) is 4.79 Å². The van der Waals surface area contributed by atoms with Crippen molar-refractivity contribution in [1.29, 1.82) is 0 Å². The summed E-state index contributed by atoms with van der Waals surface area (Å²) in [7, 11) is 0. The van der Waals surface area contributed by atoms with Crippen LogP contribution in [0.3, 0.4) is 0 Å². The van der Waals surface area contributed by atoms with E-state index < -0.39 is 0 Å². The third-order valence-corrected chi connectivity index (χ3v) is 4.44. The molecule has 2 amide bonds. The van der Waals surface area contributed by atoms with Crippen molar-refractivity contribution in [1.82, 2.24) is 9.80 Å². The molecule has 2 aromatic carbocycles. The number of anilines is 1. The first-order chi connectivity index (χ1) is 12.2. The van der Waals surface area contributed by atoms with Crippen LogP contribution in [0.4, 0.5) is 10.5 Å². The van der Waals surface area contributed by atoms with Crippen LogP contribution in [0.25, 0.3) is 0 Å². The second-order valence-corrected chi connectivity index (χ2v) is 6.24. The Morgan fingerprint density at radius 2 is 1.68 bits per heavy atom. The van der Waals surface area contributed by atoms with Crippen molar-refractivity contribution in [3.05, 3.63) is 60.2 Å². The monoisotopic (exact) mass is 339 g/mol. The molecule has 5 nitrogen and oxygen atoms in total. The summed E-state index contributed by atoms with van der Waals surface area (Å²) in [5.74, 6) is 0.948. The minimum atomic E-state index is -0.0259. The van der Waals surface area contributed by atoms with E-state index in [9.17, 15) is 4.79 Å². The Balaban J connectivity index is 1.38. The Morgan fingerprint density at radius 1 is 1.00 bits per heavy atom. The summed E-state index contributed by atoms with van der Waals surface area (Å²) in [6, 6.07) is 17.6. The molecule has 1 fully saturated rings. The van der Waals surface area contributed by atoms with Crippen molar-refractivity contribution in [2.45, 2.75) is 6.92 Å². The Kier molecular flexibility index (Phi) is 5.90. The minimum Gasteiger partial charge on any atom is -0.492 e. The van der Waals surface area contributed by atoms with Gasteiger partial charge in [0.15, 0.2) is 0 Å². The summed E-state index contributed by atoms with van der Waals surface area (Å²) in [5.41, 5.74) is 1.99. The molecular formula is C20H25N3O2. The van der Waals surface area contributed by atoms with E-state index in [0.717, 1.165) is 49.7 Å². The van der Waals surface area contributed by atoms with E-state index in [1.165, 1.54) is 0 Å². The van der Waals surface area contributed by atoms with Crippen LogP contribution in [-0.4, -0.2) is 55.2 Å². The molecule has 3 rings (SSSR count). The number of hydrogen-bond acceptors (Lipinski definition) is 3. The summed E-state index contributed by atoms with van der Waals surface area (Å²) in [4.78, 5) is 16.5. The van der Waals surface area contributed by atoms with Crippen molar-refractivity contribution in [3.8, 4) is 5.75 Å². The number of urea groups is 1. The third kappa shape index (κ3) is 4.97. The number of para-hydroxylation sites is 2. The van der Waals surface area contributed by atoms with E-state index >= 15 is 0 Å². The van der Waals surface area contributed by atoms with E-state index in [2.05, 4.69) is 23.2 Å². The summed E-state index contributed by atoms with van der Waals surface area (Å²) < 4.78 is 5.86. The number of rotatable bonds is 5. The second kappa shape index (κ2) is 8.53. The van der Waals surface area contributed by atoms with Crippen molar-refractivity contribution in [2.75, 3.05) is 44.6 Å². The van der Waals surface area contributed by atoms with Crippen LogP contribution in [0.2, 0.25) is 0 Å². The van der Waals surface area contributed by atoms with Gasteiger partial charge in [-0.2, -0.15) is 0 Å². The van der Waals surface area contributed by atoms with E-state index in [0.29, 0.717) is 6.61 Å². The lowest BCUT2D eigenvalue weighted by Crippen LogP contribution is -2.50. The first-order valence-electron chi connectivity index (χ1n) is 8.74. The van der Waals surface area contributed by atoms with Crippen LogP contribution in [0.15, 0.2) is 54.6 Å².